The maximum Gasteiger partial charge on any atom is 0.305 e. The largest absolute Gasteiger partial charge is 0.493 e. The number of benzene rings is 2. The van der Waals surface area contributed by atoms with Crippen LogP contribution >= 0.6 is 0 Å². The molecule has 0 spiro atoms. The van der Waals surface area contributed by atoms with Gasteiger partial charge in [0.05, 0.1) is 30.9 Å². The van der Waals surface area contributed by atoms with Gasteiger partial charge in [-0.05, 0) is 43.4 Å². The van der Waals surface area contributed by atoms with Crippen molar-refractivity contribution < 1.29 is 33.4 Å². The fourth-order valence-electron chi connectivity index (χ4n) is 3.98. The van der Waals surface area contributed by atoms with E-state index in [1.54, 1.807) is 12.1 Å². The number of amides is 3. The molecule has 9 heteroatoms. The van der Waals surface area contributed by atoms with Gasteiger partial charge >= 0.3 is 5.97 Å². The zero-order chi connectivity index (χ0) is 26.6. The molecule has 1 aliphatic heterocycles. The standard InChI is InChI=1S/C28H34N2O7/c1-2-3-17-37-24(31)15-14-22(26(29)32)30-27(33)21-12-9-13-23(25(21)28(30)34)36-18-8-7-16-35-19-20-10-5-4-6-11-20/h4-6,9-13,22H,2-3,7-8,14-19H2,1H3,(H2,29,32). The van der Waals surface area contributed by atoms with Crippen molar-refractivity contribution in [1.29, 1.82) is 0 Å². The number of fused-ring (bicyclic) bond motifs is 1. The van der Waals surface area contributed by atoms with E-state index in [0.717, 1.165) is 29.7 Å². The first-order valence-electron chi connectivity index (χ1n) is 12.6. The highest BCUT2D eigenvalue weighted by atomic mass is 16.5. The second-order valence-corrected chi connectivity index (χ2v) is 8.78. The number of ether oxygens (including phenoxy) is 3. The van der Waals surface area contributed by atoms with Crippen molar-refractivity contribution in [2.75, 3.05) is 19.8 Å². The Kier molecular flexibility index (Phi) is 10.6. The summed E-state index contributed by atoms with van der Waals surface area (Å²) in [5.74, 6) is -2.40. The molecule has 37 heavy (non-hydrogen) atoms. The van der Waals surface area contributed by atoms with E-state index in [4.69, 9.17) is 19.9 Å². The number of hydrogen-bond acceptors (Lipinski definition) is 7. The molecule has 0 saturated heterocycles. The molecule has 0 radical (unpaired) electrons. The minimum Gasteiger partial charge on any atom is -0.493 e. The molecule has 198 valence electrons. The number of primary amides is 1. The molecule has 1 unspecified atom stereocenters. The van der Waals surface area contributed by atoms with E-state index in [-0.39, 0.29) is 36.3 Å². The number of carbonyl (C=O) groups is 4. The molecule has 2 aromatic carbocycles. The summed E-state index contributed by atoms with van der Waals surface area (Å²) in [5, 5.41) is 0. The predicted molar refractivity (Wildman–Crippen MR) is 136 cm³/mol. The van der Waals surface area contributed by atoms with Crippen LogP contribution < -0.4 is 10.5 Å². The van der Waals surface area contributed by atoms with E-state index in [1.165, 1.54) is 6.07 Å². The van der Waals surface area contributed by atoms with Gasteiger partial charge in [-0.3, -0.25) is 24.1 Å². The molecule has 1 heterocycles. The van der Waals surface area contributed by atoms with Crippen LogP contribution in [-0.4, -0.2) is 54.5 Å². The number of imide groups is 1. The second-order valence-electron chi connectivity index (χ2n) is 8.78. The van der Waals surface area contributed by atoms with Crippen molar-refractivity contribution in [2.45, 2.75) is 58.1 Å². The fraction of sp³-hybridized carbons (Fsp3) is 0.429. The van der Waals surface area contributed by atoms with Gasteiger partial charge in [0.25, 0.3) is 11.8 Å². The van der Waals surface area contributed by atoms with E-state index in [2.05, 4.69) is 0 Å². The number of unbranched alkanes of at least 4 members (excludes halogenated alkanes) is 2. The Morgan fingerprint density at radius 2 is 1.68 bits per heavy atom. The lowest BCUT2D eigenvalue weighted by molar-refractivity contribution is -0.144. The van der Waals surface area contributed by atoms with Gasteiger partial charge in [-0.15, -0.1) is 0 Å². The third kappa shape index (κ3) is 7.63. The summed E-state index contributed by atoms with van der Waals surface area (Å²) in [6, 6.07) is 13.4. The first-order chi connectivity index (χ1) is 17.9. The topological polar surface area (TPSA) is 125 Å². The molecule has 1 atom stereocenters. The summed E-state index contributed by atoms with van der Waals surface area (Å²) in [5.41, 5.74) is 6.87. The molecular formula is C28H34N2O7. The van der Waals surface area contributed by atoms with Crippen LogP contribution in [0.25, 0.3) is 0 Å². The predicted octanol–water partition coefficient (Wildman–Crippen LogP) is 3.64. The van der Waals surface area contributed by atoms with E-state index in [1.807, 2.05) is 37.3 Å². The Labute approximate surface area is 216 Å². The summed E-state index contributed by atoms with van der Waals surface area (Å²) >= 11 is 0. The van der Waals surface area contributed by atoms with Gasteiger partial charge in [-0.1, -0.05) is 49.7 Å². The van der Waals surface area contributed by atoms with Gasteiger partial charge in [0.2, 0.25) is 5.91 Å². The normalized spacial score (nSPS) is 13.4. The van der Waals surface area contributed by atoms with Crippen LogP contribution in [0.4, 0.5) is 0 Å². The quantitative estimate of drug-likeness (QED) is 0.208. The van der Waals surface area contributed by atoms with Gasteiger partial charge in [0.15, 0.2) is 0 Å². The average molecular weight is 511 g/mol. The number of nitrogens with zero attached hydrogens (tertiary/aromatic N) is 1. The molecule has 9 nitrogen and oxygen atoms in total. The molecule has 0 aromatic heterocycles. The highest BCUT2D eigenvalue weighted by molar-refractivity contribution is 6.24. The maximum absolute atomic E-state index is 13.2. The molecule has 0 saturated carbocycles. The lowest BCUT2D eigenvalue weighted by Crippen LogP contribution is -2.48. The zero-order valence-electron chi connectivity index (χ0n) is 21.1. The molecule has 2 aromatic rings. The number of rotatable bonds is 16. The van der Waals surface area contributed by atoms with Crippen molar-refractivity contribution in [3.05, 3.63) is 65.2 Å². The van der Waals surface area contributed by atoms with E-state index in [9.17, 15) is 19.2 Å². The minimum absolute atomic E-state index is 0.101. The van der Waals surface area contributed by atoms with Gasteiger partial charge < -0.3 is 19.9 Å². The van der Waals surface area contributed by atoms with Crippen molar-refractivity contribution in [2.24, 2.45) is 5.73 Å². The van der Waals surface area contributed by atoms with Crippen LogP contribution in [0.3, 0.4) is 0 Å². The van der Waals surface area contributed by atoms with Crippen molar-refractivity contribution in [3.63, 3.8) is 0 Å². The van der Waals surface area contributed by atoms with Crippen molar-refractivity contribution in [1.82, 2.24) is 4.90 Å². The molecule has 3 rings (SSSR count). The van der Waals surface area contributed by atoms with Gasteiger partial charge in [0, 0.05) is 13.0 Å². The Morgan fingerprint density at radius 3 is 2.41 bits per heavy atom. The Morgan fingerprint density at radius 1 is 0.919 bits per heavy atom. The van der Waals surface area contributed by atoms with Crippen LogP contribution in [0.2, 0.25) is 0 Å². The Bertz CT molecular complexity index is 1090. The summed E-state index contributed by atoms with van der Waals surface area (Å²) in [6.45, 7) is 3.69. The van der Waals surface area contributed by atoms with Gasteiger partial charge in [-0.25, -0.2) is 0 Å². The fourth-order valence-corrected chi connectivity index (χ4v) is 3.98. The zero-order valence-corrected chi connectivity index (χ0v) is 21.1. The lowest BCUT2D eigenvalue weighted by atomic mass is 10.1. The molecule has 0 aliphatic carbocycles. The second kappa shape index (κ2) is 14.1. The maximum atomic E-state index is 13.2. The summed E-state index contributed by atoms with van der Waals surface area (Å²) in [4.78, 5) is 51.2. The number of nitrogens with two attached hydrogens (primary N) is 1. The molecule has 0 fully saturated rings. The summed E-state index contributed by atoms with van der Waals surface area (Å²) < 4.78 is 16.6. The molecular weight excluding hydrogens is 476 g/mol. The lowest BCUT2D eigenvalue weighted by Gasteiger charge is -2.23. The number of carbonyl (C=O) groups excluding carboxylic acids is 4. The van der Waals surface area contributed by atoms with E-state index in [0.29, 0.717) is 26.2 Å². The molecule has 0 bridgehead atoms. The summed E-state index contributed by atoms with van der Waals surface area (Å²) in [7, 11) is 0. The van der Waals surface area contributed by atoms with Crippen LogP contribution in [0.1, 0.15) is 71.7 Å². The Hall–Kier alpha value is -3.72. The molecule has 3 amide bonds. The van der Waals surface area contributed by atoms with E-state index < -0.39 is 29.7 Å². The van der Waals surface area contributed by atoms with Crippen LogP contribution in [0, 0.1) is 0 Å². The highest BCUT2D eigenvalue weighted by Crippen LogP contribution is 2.33. The van der Waals surface area contributed by atoms with E-state index >= 15 is 0 Å². The van der Waals surface area contributed by atoms with Crippen molar-refractivity contribution in [3.8, 4) is 5.75 Å². The minimum atomic E-state index is -1.26. The Balaban J connectivity index is 1.54. The van der Waals surface area contributed by atoms with Crippen molar-refractivity contribution >= 4 is 23.7 Å². The smallest absolute Gasteiger partial charge is 0.305 e. The third-order valence-corrected chi connectivity index (χ3v) is 5.98. The van der Waals surface area contributed by atoms with Gasteiger partial charge in [-0.2, -0.15) is 0 Å². The average Bonchev–Trinajstić information content (AvgIpc) is 3.14. The SMILES string of the molecule is CCCCOC(=O)CCC(C(N)=O)N1C(=O)c2cccc(OCCCCOCc3ccccc3)c2C1=O. The summed E-state index contributed by atoms with van der Waals surface area (Å²) in [6.07, 6.45) is 2.81. The third-order valence-electron chi connectivity index (χ3n) is 5.98. The van der Waals surface area contributed by atoms with Crippen LogP contribution in [-0.2, 0) is 25.7 Å². The molecule has 2 N–H and O–H groups in total. The molecule has 1 aliphatic rings. The van der Waals surface area contributed by atoms with Crippen LogP contribution in [0.15, 0.2) is 48.5 Å². The highest BCUT2D eigenvalue weighted by Gasteiger charge is 2.44. The monoisotopic (exact) mass is 510 g/mol. The first kappa shape index (κ1) is 27.9. The number of esters is 1. The van der Waals surface area contributed by atoms with Gasteiger partial charge in [0.1, 0.15) is 11.8 Å². The number of hydrogen-bond donors (Lipinski definition) is 1. The van der Waals surface area contributed by atoms with Crippen LogP contribution in [0.5, 0.6) is 5.75 Å². The first-order valence-corrected chi connectivity index (χ1v) is 12.6.